The van der Waals surface area contributed by atoms with Crippen molar-refractivity contribution in [1.82, 2.24) is 10.3 Å². The second-order valence-electron chi connectivity index (χ2n) is 6.72. The molecule has 0 saturated heterocycles. The van der Waals surface area contributed by atoms with Crippen molar-refractivity contribution in [2.75, 3.05) is 5.32 Å². The summed E-state index contributed by atoms with van der Waals surface area (Å²) in [5.74, 6) is -0.184. The van der Waals surface area contributed by atoms with Crippen molar-refractivity contribution in [3.8, 4) is 0 Å². The van der Waals surface area contributed by atoms with Gasteiger partial charge in [0.2, 0.25) is 11.8 Å². The lowest BCUT2D eigenvalue weighted by atomic mass is 9.96. The predicted octanol–water partition coefficient (Wildman–Crippen LogP) is 3.55. The normalized spacial score (nSPS) is 12.5. The van der Waals surface area contributed by atoms with Gasteiger partial charge in [-0.1, -0.05) is 51.1 Å². The van der Waals surface area contributed by atoms with E-state index >= 15 is 0 Å². The molecule has 128 valence electrons. The van der Waals surface area contributed by atoms with Gasteiger partial charge in [0.1, 0.15) is 0 Å². The lowest BCUT2D eigenvalue weighted by Crippen LogP contribution is -2.28. The number of carbonyl (C=O) groups excluding carboxylic acids is 2. The maximum atomic E-state index is 12.2. The molecule has 1 atom stereocenters. The van der Waals surface area contributed by atoms with Crippen LogP contribution in [0.3, 0.4) is 0 Å². The lowest BCUT2D eigenvalue weighted by Gasteiger charge is -2.16. The Hall–Kier alpha value is -2.21. The Balaban J connectivity index is 1.90. The summed E-state index contributed by atoms with van der Waals surface area (Å²) in [6.07, 6.45) is 0.194. The molecule has 2 N–H and O–H groups in total. The number of aromatic nitrogens is 1. The average molecular weight is 345 g/mol. The molecule has 0 fully saturated rings. The van der Waals surface area contributed by atoms with Gasteiger partial charge in [0.05, 0.1) is 18.2 Å². The van der Waals surface area contributed by atoms with Gasteiger partial charge in [-0.25, -0.2) is 4.98 Å². The number of nitrogens with one attached hydrogen (secondary N) is 2. The highest BCUT2D eigenvalue weighted by Crippen LogP contribution is 2.21. The van der Waals surface area contributed by atoms with E-state index in [4.69, 9.17) is 0 Å². The number of hydrogen-bond acceptors (Lipinski definition) is 4. The Morgan fingerprint density at radius 2 is 1.88 bits per heavy atom. The minimum absolute atomic E-state index is 0.0580. The molecule has 0 saturated carbocycles. The monoisotopic (exact) mass is 345 g/mol. The molecule has 0 aliphatic heterocycles. The highest BCUT2D eigenvalue weighted by atomic mass is 32.1. The van der Waals surface area contributed by atoms with Gasteiger partial charge in [-0.15, -0.1) is 11.3 Å². The standard InChI is InChI=1S/C18H23N3O2S/c1-12(13-8-6-5-7-9-13)19-15(22)10-14-11-24-17(20-14)21-16(23)18(2,3)4/h5-9,11-12H,10H2,1-4H3,(H,19,22)(H,20,21,23). The van der Waals surface area contributed by atoms with Crippen LogP contribution in [0.4, 0.5) is 5.13 Å². The van der Waals surface area contributed by atoms with Crippen LogP contribution in [0.2, 0.25) is 0 Å². The van der Waals surface area contributed by atoms with Crippen molar-refractivity contribution >= 4 is 28.3 Å². The van der Waals surface area contributed by atoms with Crippen LogP contribution in [0.5, 0.6) is 0 Å². The van der Waals surface area contributed by atoms with E-state index in [1.165, 1.54) is 11.3 Å². The van der Waals surface area contributed by atoms with Crippen LogP contribution >= 0.6 is 11.3 Å². The summed E-state index contributed by atoms with van der Waals surface area (Å²) in [7, 11) is 0. The number of nitrogens with zero attached hydrogens (tertiary/aromatic N) is 1. The van der Waals surface area contributed by atoms with Crippen LogP contribution in [0.1, 0.15) is 45.0 Å². The Kier molecular flexibility index (Phi) is 5.72. The molecule has 6 heteroatoms. The first-order valence-electron chi connectivity index (χ1n) is 7.86. The fraction of sp³-hybridized carbons (Fsp3) is 0.389. The fourth-order valence-electron chi connectivity index (χ4n) is 2.01. The summed E-state index contributed by atoms with van der Waals surface area (Å²) in [6, 6.07) is 9.74. The SMILES string of the molecule is CC(NC(=O)Cc1csc(NC(=O)C(C)(C)C)n1)c1ccccc1. The topological polar surface area (TPSA) is 71.1 Å². The van der Waals surface area contributed by atoms with Crippen LogP contribution in [0.25, 0.3) is 0 Å². The maximum Gasteiger partial charge on any atom is 0.231 e. The zero-order valence-corrected chi connectivity index (χ0v) is 15.2. The van der Waals surface area contributed by atoms with Gasteiger partial charge < -0.3 is 10.6 Å². The third-order valence-corrected chi connectivity index (χ3v) is 4.28. The summed E-state index contributed by atoms with van der Waals surface area (Å²) in [4.78, 5) is 28.4. The van der Waals surface area contributed by atoms with Crippen LogP contribution in [0.15, 0.2) is 35.7 Å². The molecule has 1 aromatic carbocycles. The molecule has 1 unspecified atom stereocenters. The smallest absolute Gasteiger partial charge is 0.231 e. The third-order valence-electron chi connectivity index (χ3n) is 3.47. The van der Waals surface area contributed by atoms with Crippen LogP contribution in [-0.4, -0.2) is 16.8 Å². The zero-order valence-electron chi connectivity index (χ0n) is 14.4. The number of thiazole rings is 1. The molecule has 5 nitrogen and oxygen atoms in total. The first-order chi connectivity index (χ1) is 11.3. The Morgan fingerprint density at radius 1 is 1.21 bits per heavy atom. The Labute approximate surface area is 146 Å². The van der Waals surface area contributed by atoms with Gasteiger partial charge in [0.15, 0.2) is 5.13 Å². The van der Waals surface area contributed by atoms with Crippen LogP contribution in [0, 0.1) is 5.41 Å². The van der Waals surface area contributed by atoms with E-state index in [0.29, 0.717) is 10.8 Å². The van der Waals surface area contributed by atoms with Crippen molar-refractivity contribution < 1.29 is 9.59 Å². The first-order valence-corrected chi connectivity index (χ1v) is 8.74. The van der Waals surface area contributed by atoms with Crippen molar-refractivity contribution in [3.63, 3.8) is 0 Å². The summed E-state index contributed by atoms with van der Waals surface area (Å²) in [5.41, 5.74) is 1.23. The second-order valence-corrected chi connectivity index (χ2v) is 7.58. The van der Waals surface area contributed by atoms with Crippen molar-refractivity contribution in [2.45, 2.75) is 40.2 Å². The molecule has 2 amide bonds. The number of hydrogen-bond donors (Lipinski definition) is 2. The number of carbonyl (C=O) groups is 2. The minimum Gasteiger partial charge on any atom is -0.349 e. The first kappa shape index (κ1) is 18.1. The third kappa shape index (κ3) is 5.16. The zero-order chi connectivity index (χ0) is 17.7. The molecule has 24 heavy (non-hydrogen) atoms. The number of rotatable bonds is 5. The molecule has 2 aromatic rings. The van der Waals surface area contributed by atoms with E-state index in [2.05, 4.69) is 15.6 Å². The van der Waals surface area contributed by atoms with E-state index in [9.17, 15) is 9.59 Å². The summed E-state index contributed by atoms with van der Waals surface area (Å²) >= 11 is 1.33. The van der Waals surface area contributed by atoms with E-state index in [-0.39, 0.29) is 24.3 Å². The van der Waals surface area contributed by atoms with Crippen molar-refractivity contribution in [1.29, 1.82) is 0 Å². The molecule has 0 aliphatic carbocycles. The van der Waals surface area contributed by atoms with Gasteiger partial charge in [0.25, 0.3) is 0 Å². The lowest BCUT2D eigenvalue weighted by molar-refractivity contribution is -0.123. The van der Waals surface area contributed by atoms with Crippen molar-refractivity contribution in [3.05, 3.63) is 47.0 Å². The summed E-state index contributed by atoms with van der Waals surface area (Å²) in [6.45, 7) is 7.48. The summed E-state index contributed by atoms with van der Waals surface area (Å²) < 4.78 is 0. The van der Waals surface area contributed by atoms with Crippen LogP contribution in [-0.2, 0) is 16.0 Å². The van der Waals surface area contributed by atoms with E-state index in [0.717, 1.165) is 5.56 Å². The minimum atomic E-state index is -0.478. The van der Waals surface area contributed by atoms with Gasteiger partial charge in [-0.2, -0.15) is 0 Å². The van der Waals surface area contributed by atoms with Crippen LogP contribution < -0.4 is 10.6 Å². The number of amides is 2. The number of anilines is 1. The predicted molar refractivity (Wildman–Crippen MR) is 96.9 cm³/mol. The van der Waals surface area contributed by atoms with Crippen molar-refractivity contribution in [2.24, 2.45) is 5.41 Å². The van der Waals surface area contributed by atoms with Gasteiger partial charge >= 0.3 is 0 Å². The van der Waals surface area contributed by atoms with E-state index in [1.807, 2.05) is 58.0 Å². The van der Waals surface area contributed by atoms with Gasteiger partial charge in [-0.05, 0) is 12.5 Å². The molecule has 0 radical (unpaired) electrons. The van der Waals surface area contributed by atoms with E-state index < -0.39 is 5.41 Å². The quantitative estimate of drug-likeness (QED) is 0.870. The molecule has 1 heterocycles. The highest BCUT2D eigenvalue weighted by molar-refractivity contribution is 7.13. The maximum absolute atomic E-state index is 12.2. The molecule has 2 rings (SSSR count). The molecular formula is C18H23N3O2S. The fourth-order valence-corrected chi connectivity index (χ4v) is 2.72. The average Bonchev–Trinajstić information content (AvgIpc) is 2.94. The van der Waals surface area contributed by atoms with Gasteiger partial charge in [0, 0.05) is 10.8 Å². The number of benzene rings is 1. The Morgan fingerprint density at radius 3 is 2.50 bits per heavy atom. The second kappa shape index (κ2) is 7.57. The Bertz CT molecular complexity index is 705. The highest BCUT2D eigenvalue weighted by Gasteiger charge is 2.22. The molecule has 0 spiro atoms. The van der Waals surface area contributed by atoms with E-state index in [1.54, 1.807) is 5.38 Å². The molecular weight excluding hydrogens is 322 g/mol. The molecule has 1 aromatic heterocycles. The molecule has 0 bridgehead atoms. The van der Waals surface area contributed by atoms with Gasteiger partial charge in [-0.3, -0.25) is 9.59 Å². The largest absolute Gasteiger partial charge is 0.349 e. The molecule has 0 aliphatic rings. The summed E-state index contributed by atoms with van der Waals surface area (Å²) in [5, 5.41) is 8.05.